The Kier molecular flexibility index (Phi) is 5.81. The van der Waals surface area contributed by atoms with Gasteiger partial charge in [-0.05, 0) is 30.7 Å². The monoisotopic (exact) mass is 336 g/mol. The number of ether oxygens (including phenoxy) is 1. The van der Waals surface area contributed by atoms with Crippen molar-refractivity contribution in [3.63, 3.8) is 0 Å². The molecule has 6 heteroatoms. The number of amides is 1. The quantitative estimate of drug-likeness (QED) is 0.666. The van der Waals surface area contributed by atoms with Crippen molar-refractivity contribution in [2.75, 3.05) is 6.61 Å². The number of rotatable bonds is 5. The van der Waals surface area contributed by atoms with Crippen LogP contribution in [0.2, 0.25) is 10.0 Å². The van der Waals surface area contributed by atoms with Crippen molar-refractivity contribution < 1.29 is 9.53 Å². The normalized spacial score (nSPS) is 10.7. The lowest BCUT2D eigenvalue weighted by Gasteiger charge is -2.05. The molecule has 0 atom stereocenters. The maximum absolute atomic E-state index is 11.6. The third-order valence-electron chi connectivity index (χ3n) is 2.73. The Hall–Kier alpha value is -2.04. The van der Waals surface area contributed by atoms with E-state index in [1.54, 1.807) is 24.3 Å². The molecular formula is C16H14Cl2N2O2. The first-order valence-corrected chi connectivity index (χ1v) is 7.27. The minimum atomic E-state index is -0.365. The number of halogens is 2. The van der Waals surface area contributed by atoms with Gasteiger partial charge in [0.2, 0.25) is 0 Å². The zero-order chi connectivity index (χ0) is 15.9. The zero-order valence-corrected chi connectivity index (χ0v) is 13.4. The summed E-state index contributed by atoms with van der Waals surface area (Å²) in [6.45, 7) is 1.83. The lowest BCUT2D eigenvalue weighted by Crippen LogP contribution is -2.24. The van der Waals surface area contributed by atoms with Crippen molar-refractivity contribution in [2.45, 2.75) is 6.92 Å². The Morgan fingerprint density at radius 1 is 1.27 bits per heavy atom. The predicted octanol–water partition coefficient (Wildman–Crippen LogP) is 3.83. The van der Waals surface area contributed by atoms with Crippen molar-refractivity contribution in [3.8, 4) is 5.75 Å². The molecule has 2 aromatic rings. The fourth-order valence-electron chi connectivity index (χ4n) is 1.68. The van der Waals surface area contributed by atoms with Gasteiger partial charge in [-0.25, -0.2) is 5.43 Å². The molecule has 2 rings (SSSR count). The minimum Gasteiger partial charge on any atom is -0.484 e. The van der Waals surface area contributed by atoms with Gasteiger partial charge in [-0.15, -0.1) is 0 Å². The van der Waals surface area contributed by atoms with E-state index in [0.717, 1.165) is 5.56 Å². The number of carbonyl (C=O) groups is 1. The standard InChI is InChI=1S/C16H14Cl2N2O2/c1-11-4-2-6-13(8-11)22-10-15(21)20-19-9-12-5-3-7-14(17)16(12)18/h2-9H,10H2,1H3,(H,20,21)/b19-9+. The molecule has 0 bridgehead atoms. The van der Waals surface area contributed by atoms with E-state index in [-0.39, 0.29) is 12.5 Å². The highest BCUT2D eigenvalue weighted by molar-refractivity contribution is 6.43. The fourth-order valence-corrected chi connectivity index (χ4v) is 2.04. The van der Waals surface area contributed by atoms with Gasteiger partial charge in [0.1, 0.15) is 5.75 Å². The summed E-state index contributed by atoms with van der Waals surface area (Å²) in [5, 5.41) is 4.64. The summed E-state index contributed by atoms with van der Waals surface area (Å²) < 4.78 is 5.36. The summed E-state index contributed by atoms with van der Waals surface area (Å²) in [4.78, 5) is 11.6. The van der Waals surface area contributed by atoms with E-state index >= 15 is 0 Å². The highest BCUT2D eigenvalue weighted by atomic mass is 35.5. The third-order valence-corrected chi connectivity index (χ3v) is 3.57. The number of aryl methyl sites for hydroxylation is 1. The molecule has 0 heterocycles. The van der Waals surface area contributed by atoms with Crippen molar-refractivity contribution >= 4 is 35.3 Å². The number of hydrogen-bond donors (Lipinski definition) is 1. The Morgan fingerprint density at radius 3 is 2.82 bits per heavy atom. The maximum Gasteiger partial charge on any atom is 0.277 e. The molecule has 1 N–H and O–H groups in total. The first kappa shape index (κ1) is 16.3. The van der Waals surface area contributed by atoms with Gasteiger partial charge in [-0.1, -0.05) is 47.5 Å². The smallest absolute Gasteiger partial charge is 0.277 e. The number of hydrogen-bond acceptors (Lipinski definition) is 3. The van der Waals surface area contributed by atoms with Gasteiger partial charge in [-0.2, -0.15) is 5.10 Å². The summed E-state index contributed by atoms with van der Waals surface area (Å²) in [6, 6.07) is 12.6. The van der Waals surface area contributed by atoms with Crippen LogP contribution >= 0.6 is 23.2 Å². The Morgan fingerprint density at radius 2 is 2.05 bits per heavy atom. The van der Waals surface area contributed by atoms with Crippen LogP contribution in [0.5, 0.6) is 5.75 Å². The fraction of sp³-hybridized carbons (Fsp3) is 0.125. The van der Waals surface area contributed by atoms with E-state index in [0.29, 0.717) is 21.4 Å². The van der Waals surface area contributed by atoms with E-state index in [1.165, 1.54) is 6.21 Å². The van der Waals surface area contributed by atoms with Gasteiger partial charge in [0.05, 0.1) is 16.3 Å². The van der Waals surface area contributed by atoms with Crippen molar-refractivity contribution in [2.24, 2.45) is 5.10 Å². The van der Waals surface area contributed by atoms with Crippen LogP contribution in [-0.4, -0.2) is 18.7 Å². The molecule has 0 saturated heterocycles. The predicted molar refractivity (Wildman–Crippen MR) is 88.9 cm³/mol. The summed E-state index contributed by atoms with van der Waals surface area (Å²) in [5.74, 6) is 0.271. The molecule has 0 aliphatic rings. The van der Waals surface area contributed by atoms with Gasteiger partial charge in [0, 0.05) is 5.56 Å². The van der Waals surface area contributed by atoms with Crippen LogP contribution in [0.4, 0.5) is 0 Å². The number of nitrogens with zero attached hydrogens (tertiary/aromatic N) is 1. The molecule has 0 aliphatic heterocycles. The van der Waals surface area contributed by atoms with Crippen LogP contribution in [0.1, 0.15) is 11.1 Å². The topological polar surface area (TPSA) is 50.7 Å². The van der Waals surface area contributed by atoms with E-state index in [1.807, 2.05) is 25.1 Å². The Labute approximate surface area is 138 Å². The van der Waals surface area contributed by atoms with Crippen LogP contribution in [-0.2, 0) is 4.79 Å². The van der Waals surface area contributed by atoms with Gasteiger partial charge < -0.3 is 4.74 Å². The summed E-state index contributed by atoms with van der Waals surface area (Å²) >= 11 is 11.9. The van der Waals surface area contributed by atoms with Gasteiger partial charge in [0.25, 0.3) is 5.91 Å². The molecule has 114 valence electrons. The molecular weight excluding hydrogens is 323 g/mol. The first-order chi connectivity index (χ1) is 10.6. The highest BCUT2D eigenvalue weighted by Crippen LogP contribution is 2.24. The van der Waals surface area contributed by atoms with Crippen molar-refractivity contribution in [1.82, 2.24) is 5.43 Å². The molecule has 4 nitrogen and oxygen atoms in total. The minimum absolute atomic E-state index is 0.121. The molecule has 2 aromatic carbocycles. The molecule has 0 aromatic heterocycles. The molecule has 1 amide bonds. The SMILES string of the molecule is Cc1cccc(OCC(=O)N/N=C/c2cccc(Cl)c2Cl)c1. The zero-order valence-electron chi connectivity index (χ0n) is 11.8. The second kappa shape index (κ2) is 7.82. The van der Waals surface area contributed by atoms with Crippen molar-refractivity contribution in [1.29, 1.82) is 0 Å². The summed E-state index contributed by atoms with van der Waals surface area (Å²) in [5.41, 5.74) is 4.05. The number of benzene rings is 2. The van der Waals surface area contributed by atoms with Crippen LogP contribution < -0.4 is 10.2 Å². The largest absolute Gasteiger partial charge is 0.484 e. The molecule has 0 unspecified atom stereocenters. The van der Waals surface area contributed by atoms with Crippen molar-refractivity contribution in [3.05, 3.63) is 63.6 Å². The third kappa shape index (κ3) is 4.76. The maximum atomic E-state index is 11.6. The van der Waals surface area contributed by atoms with Gasteiger partial charge >= 0.3 is 0 Å². The molecule has 22 heavy (non-hydrogen) atoms. The van der Waals surface area contributed by atoms with E-state index in [4.69, 9.17) is 27.9 Å². The second-order valence-corrected chi connectivity index (χ2v) is 5.33. The second-order valence-electron chi connectivity index (χ2n) is 4.54. The average molecular weight is 337 g/mol. The summed E-state index contributed by atoms with van der Waals surface area (Å²) in [7, 11) is 0. The molecule has 0 spiro atoms. The van der Waals surface area contributed by atoms with E-state index in [9.17, 15) is 4.79 Å². The lowest BCUT2D eigenvalue weighted by atomic mass is 10.2. The number of hydrazone groups is 1. The first-order valence-electron chi connectivity index (χ1n) is 6.51. The molecule has 0 radical (unpaired) electrons. The Balaban J connectivity index is 1.85. The molecule has 0 fully saturated rings. The molecule has 0 aliphatic carbocycles. The Bertz CT molecular complexity index is 702. The van der Waals surface area contributed by atoms with E-state index in [2.05, 4.69) is 10.5 Å². The van der Waals surface area contributed by atoms with Crippen LogP contribution in [0.3, 0.4) is 0 Å². The van der Waals surface area contributed by atoms with E-state index < -0.39 is 0 Å². The number of carbonyl (C=O) groups excluding carboxylic acids is 1. The van der Waals surface area contributed by atoms with Crippen LogP contribution in [0.15, 0.2) is 47.6 Å². The van der Waals surface area contributed by atoms with Crippen LogP contribution in [0.25, 0.3) is 0 Å². The van der Waals surface area contributed by atoms with Crippen LogP contribution in [0, 0.1) is 6.92 Å². The van der Waals surface area contributed by atoms with Gasteiger partial charge in [0.15, 0.2) is 6.61 Å². The number of nitrogens with one attached hydrogen (secondary N) is 1. The molecule has 0 saturated carbocycles. The highest BCUT2D eigenvalue weighted by Gasteiger charge is 2.03. The average Bonchev–Trinajstić information content (AvgIpc) is 2.49. The summed E-state index contributed by atoms with van der Waals surface area (Å²) in [6.07, 6.45) is 1.43. The lowest BCUT2D eigenvalue weighted by molar-refractivity contribution is -0.123. The van der Waals surface area contributed by atoms with Gasteiger partial charge in [-0.3, -0.25) is 4.79 Å².